The predicted octanol–water partition coefficient (Wildman–Crippen LogP) is 19.0. The molecule has 0 radical (unpaired) electrons. The minimum atomic E-state index is -1.40. The second-order valence-corrected chi connectivity index (χ2v) is 23.8. The minimum absolute atomic E-state index is 0.422. The molecule has 0 aliphatic carbocycles. The van der Waals surface area contributed by atoms with E-state index in [1.807, 2.05) is 42.5 Å². The Morgan fingerprint density at radius 2 is 0.566 bits per heavy atom. The Morgan fingerprint density at radius 1 is 0.303 bits per heavy atom. The van der Waals surface area contributed by atoms with Crippen LogP contribution in [0.5, 0.6) is 0 Å². The lowest BCUT2D eigenvalue weighted by molar-refractivity contribution is 1.27. The van der Waals surface area contributed by atoms with E-state index < -0.39 is 8.07 Å². The van der Waals surface area contributed by atoms with Crippen LogP contribution in [-0.2, 0) is 0 Å². The van der Waals surface area contributed by atoms with E-state index in [4.69, 9.17) is 6.42 Å². The van der Waals surface area contributed by atoms with E-state index in [2.05, 4.69) is 295 Å². The van der Waals surface area contributed by atoms with Gasteiger partial charge in [0.05, 0.1) is 24.2 Å². The number of benzene rings is 10. The van der Waals surface area contributed by atoms with Crippen LogP contribution in [0.15, 0.2) is 267 Å². The van der Waals surface area contributed by atoms with Gasteiger partial charge in [-0.25, -0.2) is 0 Å². The van der Waals surface area contributed by atoms with E-state index in [1.165, 1.54) is 44.5 Å². The van der Waals surface area contributed by atoms with Gasteiger partial charge in [0.25, 0.3) is 0 Å². The standard InChI is InChI=1S/C38H33NSi.C35H25N/c1-40(2,3)30-14-6-11-19-35-20-12-13-21-38(35)39(36-26-22-33(23-27-36)31-15-7-4-8-16-31)37-28-24-34(25-29-37)32-17-9-5-10-18-32;1-2-3-6-17-32-18-11-12-19-35(32)36(33-24-20-30(21-25-33)28-13-7-4-8-14-28)34-26-22-31(23-27-34)29-15-9-5-10-16-29/h4-5,7-10,12-13,15-18,20-29H,6H2,1-3H3;1,4-5,7-16,18-27H,3H2. The summed E-state index contributed by atoms with van der Waals surface area (Å²) in [6.45, 7) is 6.77. The van der Waals surface area contributed by atoms with Gasteiger partial charge in [0.15, 0.2) is 0 Å². The Kier molecular flexibility index (Phi) is 17.0. The van der Waals surface area contributed by atoms with Crippen LogP contribution in [0.1, 0.15) is 24.0 Å². The first-order chi connectivity index (χ1) is 37.3. The molecular weight excluding hydrogens is 933 g/mol. The largest absolute Gasteiger partial charge is 0.309 e. The SMILES string of the molecule is C#CCC#Cc1ccccc1N(c1ccc(-c2ccccc2)cc1)c1ccc(-c2ccccc2)cc1.C[Si](C)(C)C#CCC#Cc1ccccc1N(c1ccc(-c2ccccc2)cc1)c1ccc(-c2ccccc2)cc1. The van der Waals surface area contributed by atoms with E-state index in [9.17, 15) is 0 Å². The maximum absolute atomic E-state index is 5.43. The van der Waals surface area contributed by atoms with Gasteiger partial charge >= 0.3 is 0 Å². The van der Waals surface area contributed by atoms with Gasteiger partial charge in [0, 0.05) is 33.9 Å². The highest BCUT2D eigenvalue weighted by atomic mass is 28.3. The van der Waals surface area contributed by atoms with E-state index in [0.29, 0.717) is 12.8 Å². The highest BCUT2D eigenvalue weighted by molar-refractivity contribution is 6.83. The average Bonchev–Trinajstić information content (AvgIpc) is 3.48. The summed E-state index contributed by atoms with van der Waals surface area (Å²) in [7, 11) is -1.40. The van der Waals surface area contributed by atoms with Crippen LogP contribution < -0.4 is 9.80 Å². The third-order valence-corrected chi connectivity index (χ3v) is 13.4. The second kappa shape index (κ2) is 25.3. The van der Waals surface area contributed by atoms with Crippen LogP contribution in [0, 0.1) is 47.5 Å². The van der Waals surface area contributed by atoms with E-state index in [-0.39, 0.29) is 0 Å². The fourth-order valence-corrected chi connectivity index (χ4v) is 9.44. The molecular formula is C73H58N2Si. The predicted molar refractivity (Wildman–Crippen MR) is 327 cm³/mol. The van der Waals surface area contributed by atoms with E-state index in [0.717, 1.165) is 45.3 Å². The molecule has 0 bridgehead atoms. The van der Waals surface area contributed by atoms with Crippen molar-refractivity contribution in [3.63, 3.8) is 0 Å². The third kappa shape index (κ3) is 13.5. The summed E-state index contributed by atoms with van der Waals surface area (Å²) in [4.78, 5) is 4.55. The molecule has 0 unspecified atom stereocenters. The zero-order valence-corrected chi connectivity index (χ0v) is 44.3. The quantitative estimate of drug-likeness (QED) is 0.0995. The van der Waals surface area contributed by atoms with Crippen molar-refractivity contribution in [3.8, 4) is 92.0 Å². The third-order valence-electron chi connectivity index (χ3n) is 12.5. The summed E-state index contributed by atoms with van der Waals surface area (Å²) in [6, 6.07) is 93.3. The molecule has 3 heteroatoms. The summed E-state index contributed by atoms with van der Waals surface area (Å²) in [5, 5.41) is 0. The summed E-state index contributed by atoms with van der Waals surface area (Å²) >= 11 is 0. The molecule has 10 aromatic carbocycles. The topological polar surface area (TPSA) is 6.48 Å². The maximum Gasteiger partial charge on any atom is 0.129 e. The van der Waals surface area contributed by atoms with Crippen molar-refractivity contribution in [2.45, 2.75) is 32.5 Å². The fraction of sp³-hybridized carbons (Fsp3) is 0.0685. The molecule has 0 amide bonds. The molecule has 0 aliphatic rings. The van der Waals surface area contributed by atoms with Crippen molar-refractivity contribution in [1.82, 2.24) is 0 Å². The van der Waals surface area contributed by atoms with Gasteiger partial charge in [-0.05, 0) is 117 Å². The van der Waals surface area contributed by atoms with Crippen molar-refractivity contribution in [2.75, 3.05) is 9.80 Å². The second-order valence-electron chi connectivity index (χ2n) is 19.1. The first kappa shape index (κ1) is 51.2. The zero-order chi connectivity index (χ0) is 52.4. The normalized spacial score (nSPS) is 10.3. The Hall–Kier alpha value is -9.74. The Morgan fingerprint density at radius 3 is 0.855 bits per heavy atom. The highest BCUT2D eigenvalue weighted by Crippen LogP contribution is 2.40. The Balaban J connectivity index is 0.000000187. The number of nitrogens with zero attached hydrogens (tertiary/aromatic N) is 2. The molecule has 0 heterocycles. The van der Waals surface area contributed by atoms with Crippen LogP contribution >= 0.6 is 0 Å². The summed E-state index contributed by atoms with van der Waals surface area (Å²) in [6.07, 6.45) is 6.44. The molecule has 0 saturated heterocycles. The molecule has 0 atom stereocenters. The van der Waals surface area contributed by atoms with E-state index >= 15 is 0 Å². The number of terminal acetylenes is 1. The molecule has 10 rings (SSSR count). The Bertz CT molecular complexity index is 3540. The van der Waals surface area contributed by atoms with Crippen molar-refractivity contribution < 1.29 is 0 Å². The van der Waals surface area contributed by atoms with Crippen LogP contribution in [0.25, 0.3) is 44.5 Å². The van der Waals surface area contributed by atoms with Crippen molar-refractivity contribution in [3.05, 3.63) is 278 Å². The first-order valence-corrected chi connectivity index (χ1v) is 29.1. The van der Waals surface area contributed by atoms with Crippen LogP contribution in [-0.4, -0.2) is 8.07 Å². The minimum Gasteiger partial charge on any atom is -0.309 e. The number of hydrogen-bond donors (Lipinski definition) is 0. The molecule has 0 aliphatic heterocycles. The molecule has 0 spiro atoms. The zero-order valence-electron chi connectivity index (χ0n) is 43.3. The molecule has 364 valence electrons. The summed E-state index contributed by atoms with van der Waals surface area (Å²) < 4.78 is 0. The highest BCUT2D eigenvalue weighted by Gasteiger charge is 2.18. The number of hydrogen-bond acceptors (Lipinski definition) is 2. The number of para-hydroxylation sites is 2. The first-order valence-electron chi connectivity index (χ1n) is 25.6. The molecule has 76 heavy (non-hydrogen) atoms. The molecule has 0 fully saturated rings. The van der Waals surface area contributed by atoms with Gasteiger partial charge in [-0.2, -0.15) is 0 Å². The lowest BCUT2D eigenvalue weighted by Gasteiger charge is -2.27. The molecule has 0 saturated carbocycles. The van der Waals surface area contributed by atoms with Gasteiger partial charge in [0.1, 0.15) is 8.07 Å². The molecule has 0 N–H and O–H groups in total. The number of anilines is 6. The molecule has 10 aromatic rings. The lowest BCUT2D eigenvalue weighted by Crippen LogP contribution is -2.16. The van der Waals surface area contributed by atoms with Gasteiger partial charge in [-0.1, -0.05) is 249 Å². The monoisotopic (exact) mass is 990 g/mol. The van der Waals surface area contributed by atoms with Gasteiger partial charge < -0.3 is 9.80 Å². The Labute approximate surface area is 452 Å². The van der Waals surface area contributed by atoms with Gasteiger partial charge in [-0.3, -0.25) is 0 Å². The van der Waals surface area contributed by atoms with Crippen LogP contribution in [0.4, 0.5) is 34.1 Å². The fourth-order valence-electron chi connectivity index (χ4n) is 8.82. The molecule has 2 nitrogen and oxygen atoms in total. The average molecular weight is 991 g/mol. The van der Waals surface area contributed by atoms with Crippen molar-refractivity contribution in [1.29, 1.82) is 0 Å². The molecule has 0 aromatic heterocycles. The van der Waals surface area contributed by atoms with Gasteiger partial charge in [0.2, 0.25) is 0 Å². The smallest absolute Gasteiger partial charge is 0.129 e. The van der Waals surface area contributed by atoms with Crippen LogP contribution in [0.3, 0.4) is 0 Å². The van der Waals surface area contributed by atoms with Crippen molar-refractivity contribution in [2.24, 2.45) is 0 Å². The summed E-state index contributed by atoms with van der Waals surface area (Å²) in [5.41, 5.74) is 21.2. The number of rotatable bonds is 10. The van der Waals surface area contributed by atoms with Crippen molar-refractivity contribution >= 4 is 42.2 Å². The van der Waals surface area contributed by atoms with Gasteiger partial charge in [-0.15, -0.1) is 12.0 Å². The van der Waals surface area contributed by atoms with E-state index in [1.54, 1.807) is 0 Å². The lowest BCUT2D eigenvalue weighted by atomic mass is 10.0. The summed E-state index contributed by atoms with van der Waals surface area (Å²) in [5.74, 6) is 19.0. The maximum atomic E-state index is 5.43. The van der Waals surface area contributed by atoms with Crippen LogP contribution in [0.2, 0.25) is 19.6 Å².